The van der Waals surface area contributed by atoms with Crippen LogP contribution in [0.25, 0.3) is 0 Å². The number of halogens is 1. The molecule has 0 spiro atoms. The molecule has 0 aromatic heterocycles. The summed E-state index contributed by atoms with van der Waals surface area (Å²) >= 11 is 0. The Morgan fingerprint density at radius 1 is 1.17 bits per heavy atom. The van der Waals surface area contributed by atoms with Crippen molar-refractivity contribution >= 4 is 17.2 Å². The van der Waals surface area contributed by atoms with Gasteiger partial charge < -0.3 is 15.5 Å². The molecule has 0 radical (unpaired) electrons. The second-order valence-electron chi connectivity index (χ2n) is 9.03. The molecule has 158 valence electrons. The van der Waals surface area contributed by atoms with Gasteiger partial charge in [0.1, 0.15) is 5.82 Å². The predicted octanol–water partition coefficient (Wildman–Crippen LogP) is 4.39. The highest BCUT2D eigenvalue weighted by atomic mass is 19.1. The number of carbonyl (C=O) groups excluding carboxylic acids is 1. The zero-order valence-electron chi connectivity index (χ0n) is 17.4. The highest BCUT2D eigenvalue weighted by Crippen LogP contribution is 2.47. The van der Waals surface area contributed by atoms with Crippen molar-refractivity contribution in [1.29, 1.82) is 0 Å². The van der Waals surface area contributed by atoms with Gasteiger partial charge in [0.15, 0.2) is 5.78 Å². The van der Waals surface area contributed by atoms with Gasteiger partial charge in [-0.15, -0.1) is 0 Å². The van der Waals surface area contributed by atoms with Crippen molar-refractivity contribution in [3.05, 3.63) is 58.9 Å². The van der Waals surface area contributed by atoms with E-state index in [4.69, 9.17) is 5.73 Å². The van der Waals surface area contributed by atoms with Gasteiger partial charge in [0.05, 0.1) is 0 Å². The van der Waals surface area contributed by atoms with Gasteiger partial charge in [0.2, 0.25) is 0 Å². The van der Waals surface area contributed by atoms with E-state index < -0.39 is 5.82 Å². The van der Waals surface area contributed by atoms with E-state index in [2.05, 4.69) is 28.0 Å². The minimum absolute atomic E-state index is 0.00607. The second kappa shape index (κ2) is 8.03. The fraction of sp³-hybridized carbons (Fsp3) is 0.480. The first-order valence-electron chi connectivity index (χ1n) is 11.3. The van der Waals surface area contributed by atoms with Crippen LogP contribution in [-0.2, 0) is 6.42 Å². The summed E-state index contributed by atoms with van der Waals surface area (Å²) in [6, 6.07) is 11.6. The van der Waals surface area contributed by atoms with E-state index in [-0.39, 0.29) is 11.5 Å². The molecule has 5 rings (SSSR count). The van der Waals surface area contributed by atoms with Gasteiger partial charge in [-0.3, -0.25) is 4.79 Å². The van der Waals surface area contributed by atoms with E-state index in [0.717, 1.165) is 26.1 Å². The standard InChI is InChI=1S/C25H30FN3O/c26-18-9-10-20(22(27)15-18)24(30)8-4-12-28-14-11-23-21(16-28)19-7-3-6-17-5-1-2-13-29(23)25(17)19/h3,6-7,9-10,15,21,23H,1-2,4-5,8,11-14,16,27H2/t21-,23-/m1/s1. The Hall–Kier alpha value is -2.40. The Morgan fingerprint density at radius 3 is 2.93 bits per heavy atom. The van der Waals surface area contributed by atoms with Gasteiger partial charge in [-0.2, -0.15) is 0 Å². The fourth-order valence-corrected chi connectivity index (χ4v) is 5.78. The molecule has 3 aliphatic rings. The summed E-state index contributed by atoms with van der Waals surface area (Å²) in [5.41, 5.74) is 11.1. The van der Waals surface area contributed by atoms with Gasteiger partial charge in [-0.25, -0.2) is 4.39 Å². The average Bonchev–Trinajstić information content (AvgIpc) is 2.89. The number of nitrogens with two attached hydrogens (primary N) is 1. The van der Waals surface area contributed by atoms with Gasteiger partial charge >= 0.3 is 0 Å². The van der Waals surface area contributed by atoms with Crippen LogP contribution < -0.4 is 10.6 Å². The van der Waals surface area contributed by atoms with Crippen LogP contribution >= 0.6 is 0 Å². The SMILES string of the molecule is Nc1cc(F)ccc1C(=O)CCCN1CC[C@@H]2[C@H](C1)c1cccc3c1N2CCCC3. The number of nitrogens with zero attached hydrogens (tertiary/aromatic N) is 2. The number of fused-ring (bicyclic) bond motifs is 3. The van der Waals surface area contributed by atoms with Crippen molar-refractivity contribution in [1.82, 2.24) is 4.90 Å². The molecule has 3 heterocycles. The van der Waals surface area contributed by atoms with Crippen LogP contribution in [0.3, 0.4) is 0 Å². The van der Waals surface area contributed by atoms with E-state index in [9.17, 15) is 9.18 Å². The van der Waals surface area contributed by atoms with Gasteiger partial charge in [-0.05, 0) is 68.0 Å². The maximum atomic E-state index is 13.2. The smallest absolute Gasteiger partial charge is 0.164 e. The van der Waals surface area contributed by atoms with Crippen molar-refractivity contribution < 1.29 is 9.18 Å². The number of carbonyl (C=O) groups is 1. The first-order chi connectivity index (χ1) is 14.6. The summed E-state index contributed by atoms with van der Waals surface area (Å²) in [5, 5.41) is 0. The number of nitrogen functional groups attached to an aromatic ring is 1. The third kappa shape index (κ3) is 3.49. The van der Waals surface area contributed by atoms with Crippen LogP contribution in [0.4, 0.5) is 15.8 Å². The lowest BCUT2D eigenvalue weighted by Crippen LogP contribution is -2.46. The van der Waals surface area contributed by atoms with Crippen molar-refractivity contribution in [2.24, 2.45) is 0 Å². The minimum atomic E-state index is -0.402. The lowest BCUT2D eigenvalue weighted by Gasteiger charge is -2.39. The molecule has 4 nitrogen and oxygen atoms in total. The number of anilines is 2. The van der Waals surface area contributed by atoms with E-state index in [1.54, 1.807) is 5.56 Å². The summed E-state index contributed by atoms with van der Waals surface area (Å²) in [6.07, 6.45) is 6.24. The zero-order valence-corrected chi connectivity index (χ0v) is 17.4. The highest BCUT2D eigenvalue weighted by Gasteiger charge is 2.42. The fourth-order valence-electron chi connectivity index (χ4n) is 5.78. The number of aryl methyl sites for hydroxylation is 1. The Labute approximate surface area is 177 Å². The molecular weight excluding hydrogens is 377 g/mol. The molecule has 2 aromatic carbocycles. The maximum absolute atomic E-state index is 13.2. The van der Waals surface area contributed by atoms with E-state index >= 15 is 0 Å². The Balaban J connectivity index is 1.22. The number of likely N-dealkylation sites (tertiary alicyclic amines) is 1. The van der Waals surface area contributed by atoms with E-state index in [0.29, 0.717) is 23.9 Å². The number of benzene rings is 2. The van der Waals surface area contributed by atoms with Crippen LogP contribution in [0.2, 0.25) is 0 Å². The zero-order chi connectivity index (χ0) is 20.7. The third-order valence-corrected chi connectivity index (χ3v) is 7.19. The third-order valence-electron chi connectivity index (χ3n) is 7.19. The van der Waals surface area contributed by atoms with Crippen molar-refractivity contribution in [3.63, 3.8) is 0 Å². The molecule has 2 aromatic rings. The monoisotopic (exact) mass is 407 g/mol. The topological polar surface area (TPSA) is 49.6 Å². The molecule has 0 amide bonds. The normalized spacial score (nSPS) is 23.0. The second-order valence-corrected chi connectivity index (χ2v) is 9.03. The summed E-state index contributed by atoms with van der Waals surface area (Å²) in [6.45, 7) is 4.28. The van der Waals surface area contributed by atoms with Crippen LogP contribution in [0, 0.1) is 5.82 Å². The van der Waals surface area contributed by atoms with Crippen molar-refractivity contribution in [3.8, 4) is 0 Å². The first-order valence-corrected chi connectivity index (χ1v) is 11.3. The molecule has 2 atom stereocenters. The molecule has 0 bridgehead atoms. The Bertz CT molecular complexity index is 959. The highest BCUT2D eigenvalue weighted by molar-refractivity contribution is 6.00. The molecule has 0 saturated carbocycles. The summed E-state index contributed by atoms with van der Waals surface area (Å²) in [4.78, 5) is 17.7. The number of hydrogen-bond acceptors (Lipinski definition) is 4. The summed E-state index contributed by atoms with van der Waals surface area (Å²) in [7, 11) is 0. The minimum Gasteiger partial charge on any atom is -0.398 e. The van der Waals surface area contributed by atoms with Gasteiger partial charge in [0, 0.05) is 55.0 Å². The summed E-state index contributed by atoms with van der Waals surface area (Å²) in [5.74, 6) is 0.183. The molecule has 5 heteroatoms. The molecule has 1 saturated heterocycles. The van der Waals surface area contributed by atoms with Crippen molar-refractivity contribution in [2.45, 2.75) is 50.5 Å². The molecular formula is C25H30FN3O. The van der Waals surface area contributed by atoms with Gasteiger partial charge in [-0.1, -0.05) is 18.2 Å². The van der Waals surface area contributed by atoms with Crippen LogP contribution in [-0.4, -0.2) is 42.9 Å². The number of ketones is 1. The quantitative estimate of drug-likeness (QED) is 0.590. The number of rotatable bonds is 5. The number of Topliss-reactive ketones (excluding diaryl/α,β-unsaturated/α-hetero) is 1. The molecule has 3 aliphatic heterocycles. The average molecular weight is 408 g/mol. The van der Waals surface area contributed by atoms with Crippen LogP contribution in [0.5, 0.6) is 0 Å². The van der Waals surface area contributed by atoms with Gasteiger partial charge in [0.25, 0.3) is 0 Å². The van der Waals surface area contributed by atoms with Crippen LogP contribution in [0.15, 0.2) is 36.4 Å². The number of piperidine rings is 1. The molecule has 0 unspecified atom stereocenters. The van der Waals surface area contributed by atoms with E-state index in [1.165, 1.54) is 61.7 Å². The Kier molecular flexibility index (Phi) is 5.23. The van der Waals surface area contributed by atoms with Crippen molar-refractivity contribution in [2.75, 3.05) is 36.8 Å². The summed E-state index contributed by atoms with van der Waals surface area (Å²) < 4.78 is 13.2. The first kappa shape index (κ1) is 19.6. The predicted molar refractivity (Wildman–Crippen MR) is 119 cm³/mol. The number of hydrogen-bond donors (Lipinski definition) is 1. The lowest BCUT2D eigenvalue weighted by molar-refractivity contribution is 0.0972. The van der Waals surface area contributed by atoms with Crippen LogP contribution in [0.1, 0.15) is 59.5 Å². The largest absolute Gasteiger partial charge is 0.398 e. The molecule has 0 aliphatic carbocycles. The Morgan fingerprint density at radius 2 is 2.07 bits per heavy atom. The lowest BCUT2D eigenvalue weighted by atomic mass is 9.88. The molecule has 2 N–H and O–H groups in total. The number of para-hydroxylation sites is 1. The molecule has 30 heavy (non-hydrogen) atoms. The molecule has 1 fully saturated rings. The maximum Gasteiger partial charge on any atom is 0.164 e. The van der Waals surface area contributed by atoms with E-state index in [1.807, 2.05) is 0 Å².